The van der Waals surface area contributed by atoms with Crippen molar-refractivity contribution in [2.75, 3.05) is 39.8 Å². The zero-order chi connectivity index (χ0) is 20.7. The minimum absolute atomic E-state index is 0.00440. The fourth-order valence-corrected chi connectivity index (χ4v) is 6.12. The van der Waals surface area contributed by atoms with Crippen LogP contribution in [0.25, 0.3) is 0 Å². The first-order valence-electron chi connectivity index (χ1n) is 11.8. The third-order valence-electron chi connectivity index (χ3n) is 7.79. The molecule has 1 spiro atoms. The van der Waals surface area contributed by atoms with Crippen molar-refractivity contribution in [1.82, 2.24) is 9.80 Å². The Morgan fingerprint density at radius 2 is 1.97 bits per heavy atom. The summed E-state index contributed by atoms with van der Waals surface area (Å²) < 4.78 is 12.2. The summed E-state index contributed by atoms with van der Waals surface area (Å²) in [6.07, 6.45) is 10.9. The normalized spacial score (nSPS) is 31.0. The fourth-order valence-electron chi connectivity index (χ4n) is 6.12. The second-order valence-corrected chi connectivity index (χ2v) is 9.67. The molecule has 164 valence electrons. The molecular formula is C25H36N2O3. The van der Waals surface area contributed by atoms with Crippen LogP contribution < -0.4 is 9.47 Å². The molecule has 4 aliphatic rings. The lowest BCUT2D eigenvalue weighted by atomic mass is 9.68. The first kappa shape index (κ1) is 20.3. The van der Waals surface area contributed by atoms with E-state index in [1.807, 2.05) is 6.08 Å². The zero-order valence-electron chi connectivity index (χ0n) is 18.5. The van der Waals surface area contributed by atoms with E-state index in [0.29, 0.717) is 6.42 Å². The number of aliphatic hydroxyl groups is 1. The van der Waals surface area contributed by atoms with E-state index in [9.17, 15) is 5.11 Å². The number of hydrogen-bond acceptors (Lipinski definition) is 5. The minimum atomic E-state index is -0.422. The molecule has 5 rings (SSSR count). The van der Waals surface area contributed by atoms with Gasteiger partial charge in [-0.3, -0.25) is 4.90 Å². The lowest BCUT2D eigenvalue weighted by molar-refractivity contribution is 0.0807. The summed E-state index contributed by atoms with van der Waals surface area (Å²) in [5.41, 5.74) is 3.89. The van der Waals surface area contributed by atoms with Crippen molar-refractivity contribution in [2.24, 2.45) is 0 Å². The Kier molecular flexibility index (Phi) is 5.55. The van der Waals surface area contributed by atoms with Crippen LogP contribution in [-0.2, 0) is 12.0 Å². The highest BCUT2D eigenvalue weighted by Crippen LogP contribution is 2.56. The van der Waals surface area contributed by atoms with E-state index in [1.165, 1.54) is 62.0 Å². The maximum Gasteiger partial charge on any atom is 0.166 e. The lowest BCUT2D eigenvalue weighted by Crippen LogP contribution is -2.43. The molecule has 0 aromatic heterocycles. The molecule has 0 saturated carbocycles. The quantitative estimate of drug-likeness (QED) is 0.751. The van der Waals surface area contributed by atoms with Gasteiger partial charge in [0.15, 0.2) is 11.5 Å². The van der Waals surface area contributed by atoms with Crippen molar-refractivity contribution < 1.29 is 14.6 Å². The average molecular weight is 413 g/mol. The average Bonchev–Trinajstić information content (AvgIpc) is 2.98. The van der Waals surface area contributed by atoms with Gasteiger partial charge in [-0.15, -0.1) is 0 Å². The smallest absolute Gasteiger partial charge is 0.166 e. The van der Waals surface area contributed by atoms with E-state index in [0.717, 1.165) is 37.6 Å². The summed E-state index contributed by atoms with van der Waals surface area (Å²) in [5.74, 6) is 1.75. The maximum absolute atomic E-state index is 10.3. The zero-order valence-corrected chi connectivity index (χ0v) is 18.5. The van der Waals surface area contributed by atoms with Crippen molar-refractivity contribution in [3.63, 3.8) is 0 Å². The van der Waals surface area contributed by atoms with Crippen LogP contribution in [-0.4, -0.2) is 66.9 Å². The maximum atomic E-state index is 10.3. The van der Waals surface area contributed by atoms with Crippen molar-refractivity contribution in [3.8, 4) is 11.5 Å². The van der Waals surface area contributed by atoms with Gasteiger partial charge in [-0.25, -0.2) is 0 Å². The van der Waals surface area contributed by atoms with Gasteiger partial charge < -0.3 is 19.5 Å². The number of hydrogen-bond donors (Lipinski definition) is 1. The number of methoxy groups -OCH3 is 1. The SMILES string of the molecule is COc1cc(C)c2c3c1OC1CC(O)C=CC31CCN(CCCN1CCCCC1)C2. The van der Waals surface area contributed by atoms with Crippen LogP contribution in [0.15, 0.2) is 18.2 Å². The molecule has 5 heteroatoms. The van der Waals surface area contributed by atoms with Crippen molar-refractivity contribution >= 4 is 0 Å². The Morgan fingerprint density at radius 3 is 2.77 bits per heavy atom. The summed E-state index contributed by atoms with van der Waals surface area (Å²) in [6, 6.07) is 2.14. The Balaban J connectivity index is 1.41. The highest BCUT2D eigenvalue weighted by Gasteiger charge is 2.53. The molecule has 1 N–H and O–H groups in total. The van der Waals surface area contributed by atoms with E-state index >= 15 is 0 Å². The van der Waals surface area contributed by atoms with Gasteiger partial charge in [-0.1, -0.05) is 18.6 Å². The van der Waals surface area contributed by atoms with Gasteiger partial charge in [0.05, 0.1) is 18.6 Å². The number of aryl methyl sites for hydroxylation is 1. The van der Waals surface area contributed by atoms with Crippen molar-refractivity contribution in [1.29, 1.82) is 0 Å². The highest BCUT2D eigenvalue weighted by atomic mass is 16.5. The van der Waals surface area contributed by atoms with Gasteiger partial charge in [0.2, 0.25) is 0 Å². The van der Waals surface area contributed by atoms with Crippen LogP contribution >= 0.6 is 0 Å². The Bertz CT molecular complexity index is 817. The standard InChI is InChI=1S/C25H36N2O3/c1-18-15-21(29-2)24-23-20(18)17-27(13-6-12-26-10-4-3-5-11-26)14-9-25(23)8-7-19(28)16-22(25)30-24/h7-8,15,19,22,28H,3-6,9-14,16-17H2,1-2H3. The van der Waals surface area contributed by atoms with Crippen LogP contribution in [0, 0.1) is 6.92 Å². The third-order valence-corrected chi connectivity index (χ3v) is 7.79. The Hall–Kier alpha value is -1.56. The summed E-state index contributed by atoms with van der Waals surface area (Å²) in [5, 5.41) is 10.3. The molecule has 3 atom stereocenters. The topological polar surface area (TPSA) is 45.2 Å². The molecule has 1 aliphatic carbocycles. The molecule has 1 aromatic rings. The monoisotopic (exact) mass is 412 g/mol. The van der Waals surface area contributed by atoms with Crippen LogP contribution in [0.3, 0.4) is 0 Å². The summed E-state index contributed by atoms with van der Waals surface area (Å²) >= 11 is 0. The predicted molar refractivity (Wildman–Crippen MR) is 118 cm³/mol. The number of piperidine rings is 1. The van der Waals surface area contributed by atoms with E-state index in [4.69, 9.17) is 9.47 Å². The van der Waals surface area contributed by atoms with E-state index < -0.39 is 6.10 Å². The first-order valence-corrected chi connectivity index (χ1v) is 11.8. The molecular weight excluding hydrogens is 376 g/mol. The van der Waals surface area contributed by atoms with Gasteiger partial charge in [0.1, 0.15) is 6.10 Å². The number of nitrogens with zero attached hydrogens (tertiary/aromatic N) is 2. The molecule has 1 aromatic carbocycles. The van der Waals surface area contributed by atoms with Gasteiger partial charge in [0, 0.05) is 18.5 Å². The summed E-state index contributed by atoms with van der Waals surface area (Å²) in [7, 11) is 1.73. The van der Waals surface area contributed by atoms with Gasteiger partial charge >= 0.3 is 0 Å². The Labute approximate surface area is 180 Å². The third kappa shape index (κ3) is 3.45. The number of likely N-dealkylation sites (tertiary alicyclic amines) is 1. The molecule has 3 heterocycles. The molecule has 5 nitrogen and oxygen atoms in total. The van der Waals surface area contributed by atoms with Crippen molar-refractivity contribution in [2.45, 2.75) is 69.6 Å². The molecule has 1 fully saturated rings. The summed E-state index contributed by atoms with van der Waals surface area (Å²) in [4.78, 5) is 5.28. The van der Waals surface area contributed by atoms with E-state index in [1.54, 1.807) is 7.11 Å². The molecule has 0 radical (unpaired) electrons. The largest absolute Gasteiger partial charge is 0.493 e. The number of ether oxygens (including phenoxy) is 2. The van der Waals surface area contributed by atoms with Gasteiger partial charge in [0.25, 0.3) is 0 Å². The van der Waals surface area contributed by atoms with Crippen molar-refractivity contribution in [3.05, 3.63) is 34.9 Å². The molecule has 3 unspecified atom stereocenters. The van der Waals surface area contributed by atoms with Crippen LogP contribution in [0.4, 0.5) is 0 Å². The fraction of sp³-hybridized carbons (Fsp3) is 0.680. The molecule has 1 saturated heterocycles. The summed E-state index contributed by atoms with van der Waals surface area (Å²) in [6.45, 7) is 9.17. The number of aliphatic hydroxyl groups excluding tert-OH is 1. The lowest BCUT2D eigenvalue weighted by Gasteiger charge is -2.36. The molecule has 3 aliphatic heterocycles. The first-order chi connectivity index (χ1) is 14.6. The second kappa shape index (κ2) is 8.18. The van der Waals surface area contributed by atoms with Crippen LogP contribution in [0.1, 0.15) is 55.2 Å². The van der Waals surface area contributed by atoms with E-state index in [2.05, 4.69) is 28.9 Å². The van der Waals surface area contributed by atoms with Crippen LogP contribution in [0.5, 0.6) is 11.5 Å². The Morgan fingerprint density at radius 1 is 1.17 bits per heavy atom. The molecule has 30 heavy (non-hydrogen) atoms. The van der Waals surface area contributed by atoms with Gasteiger partial charge in [-0.05, 0) is 82.5 Å². The highest BCUT2D eigenvalue weighted by molar-refractivity contribution is 5.63. The minimum Gasteiger partial charge on any atom is -0.493 e. The number of rotatable bonds is 5. The second-order valence-electron chi connectivity index (χ2n) is 9.67. The van der Waals surface area contributed by atoms with Gasteiger partial charge in [-0.2, -0.15) is 0 Å². The molecule has 0 bridgehead atoms. The number of benzene rings is 1. The van der Waals surface area contributed by atoms with E-state index in [-0.39, 0.29) is 11.5 Å². The van der Waals surface area contributed by atoms with Crippen LogP contribution in [0.2, 0.25) is 0 Å². The molecule has 0 amide bonds. The predicted octanol–water partition coefficient (Wildman–Crippen LogP) is 3.40.